The Labute approximate surface area is 81.1 Å². The molecule has 13 heavy (non-hydrogen) atoms. The fourth-order valence-electron chi connectivity index (χ4n) is 0.956. The van der Waals surface area contributed by atoms with E-state index in [1.807, 2.05) is 6.08 Å². The molecule has 0 atom stereocenters. The zero-order chi connectivity index (χ0) is 10.2. The molecule has 0 fully saturated rings. The lowest BCUT2D eigenvalue weighted by atomic mass is 10.3. The van der Waals surface area contributed by atoms with Crippen LogP contribution in [-0.4, -0.2) is 33.5 Å². The van der Waals surface area contributed by atoms with Gasteiger partial charge in [-0.05, 0) is 32.4 Å². The first kappa shape index (κ1) is 12.7. The second-order valence-electron chi connectivity index (χ2n) is 3.16. The van der Waals surface area contributed by atoms with Crippen molar-refractivity contribution in [2.24, 2.45) is 0 Å². The predicted octanol–water partition coefficient (Wildman–Crippen LogP) is 0.977. The van der Waals surface area contributed by atoms with Crippen LogP contribution in [-0.2, 0) is 9.84 Å². The molecule has 0 heterocycles. The number of unbranched alkanes of at least 4 members (excludes halogenated alkanes) is 1. The van der Waals surface area contributed by atoms with Gasteiger partial charge >= 0.3 is 0 Å². The Bertz CT molecular complexity index is 222. The molecule has 0 aromatic carbocycles. The standard InChI is InChI=1S/C9H19NO2S/c1-3-4-5-7-10-8-6-9-13(2,11)12/h3,10H,1,4-9H2,2H3. The molecule has 0 saturated heterocycles. The molecular formula is C9H19NO2S. The average Bonchev–Trinajstić information content (AvgIpc) is 2.01. The maximum absolute atomic E-state index is 10.7. The minimum Gasteiger partial charge on any atom is -0.317 e. The van der Waals surface area contributed by atoms with E-state index in [0.717, 1.165) is 25.9 Å². The number of hydrogen-bond acceptors (Lipinski definition) is 3. The number of nitrogens with one attached hydrogen (secondary N) is 1. The zero-order valence-electron chi connectivity index (χ0n) is 8.25. The summed E-state index contributed by atoms with van der Waals surface area (Å²) in [4.78, 5) is 0. The third-order valence-corrected chi connectivity index (χ3v) is 2.66. The Morgan fingerprint density at radius 2 is 1.92 bits per heavy atom. The lowest BCUT2D eigenvalue weighted by Crippen LogP contribution is -2.19. The van der Waals surface area contributed by atoms with Crippen LogP contribution in [0, 0.1) is 0 Å². The first-order valence-electron chi connectivity index (χ1n) is 4.55. The summed E-state index contributed by atoms with van der Waals surface area (Å²) in [5.41, 5.74) is 0. The summed E-state index contributed by atoms with van der Waals surface area (Å²) in [7, 11) is -2.78. The molecule has 0 aliphatic heterocycles. The van der Waals surface area contributed by atoms with Crippen molar-refractivity contribution in [1.82, 2.24) is 5.32 Å². The molecule has 1 N–H and O–H groups in total. The molecule has 78 valence electrons. The van der Waals surface area contributed by atoms with Gasteiger partial charge in [0.2, 0.25) is 0 Å². The van der Waals surface area contributed by atoms with Crippen LogP contribution >= 0.6 is 0 Å². The maximum atomic E-state index is 10.7. The van der Waals surface area contributed by atoms with E-state index in [-0.39, 0.29) is 5.75 Å². The van der Waals surface area contributed by atoms with Crippen LogP contribution < -0.4 is 5.32 Å². The molecular weight excluding hydrogens is 186 g/mol. The van der Waals surface area contributed by atoms with Gasteiger partial charge in [-0.1, -0.05) is 6.08 Å². The number of allylic oxidation sites excluding steroid dienone is 1. The lowest BCUT2D eigenvalue weighted by molar-refractivity contribution is 0.592. The van der Waals surface area contributed by atoms with E-state index in [4.69, 9.17) is 0 Å². The fourth-order valence-corrected chi connectivity index (χ4v) is 1.62. The summed E-state index contributed by atoms with van der Waals surface area (Å²) >= 11 is 0. The highest BCUT2D eigenvalue weighted by Gasteiger charge is 1.99. The molecule has 4 heteroatoms. The molecule has 0 aromatic heterocycles. The van der Waals surface area contributed by atoms with Gasteiger partial charge in [0.05, 0.1) is 5.75 Å². The van der Waals surface area contributed by atoms with Crippen molar-refractivity contribution in [3.8, 4) is 0 Å². The fraction of sp³-hybridized carbons (Fsp3) is 0.778. The third-order valence-electron chi connectivity index (χ3n) is 1.63. The molecule has 0 saturated carbocycles. The van der Waals surface area contributed by atoms with Gasteiger partial charge < -0.3 is 5.32 Å². The second-order valence-corrected chi connectivity index (χ2v) is 5.42. The molecule has 3 nitrogen and oxygen atoms in total. The second kappa shape index (κ2) is 7.09. The number of hydrogen-bond donors (Lipinski definition) is 1. The van der Waals surface area contributed by atoms with Crippen LogP contribution in [0.2, 0.25) is 0 Å². The van der Waals surface area contributed by atoms with Gasteiger partial charge in [-0.25, -0.2) is 8.42 Å². The SMILES string of the molecule is C=CCCCNCCCS(C)(=O)=O. The van der Waals surface area contributed by atoms with Crippen molar-refractivity contribution in [3.05, 3.63) is 12.7 Å². The molecule has 0 spiro atoms. The highest BCUT2D eigenvalue weighted by molar-refractivity contribution is 7.90. The molecule has 0 rings (SSSR count). The summed E-state index contributed by atoms with van der Waals surface area (Å²) in [6.45, 7) is 5.34. The Kier molecular flexibility index (Phi) is 6.90. The van der Waals surface area contributed by atoms with Crippen LogP contribution in [0.25, 0.3) is 0 Å². The van der Waals surface area contributed by atoms with E-state index in [1.54, 1.807) is 0 Å². The lowest BCUT2D eigenvalue weighted by Gasteiger charge is -2.02. The van der Waals surface area contributed by atoms with Gasteiger partial charge in [0.25, 0.3) is 0 Å². The van der Waals surface area contributed by atoms with Gasteiger partial charge in [-0.2, -0.15) is 0 Å². The van der Waals surface area contributed by atoms with Crippen LogP contribution in [0.1, 0.15) is 19.3 Å². The largest absolute Gasteiger partial charge is 0.317 e. The van der Waals surface area contributed by atoms with Crippen molar-refractivity contribution >= 4 is 9.84 Å². The topological polar surface area (TPSA) is 46.2 Å². The van der Waals surface area contributed by atoms with Crippen molar-refractivity contribution in [1.29, 1.82) is 0 Å². The maximum Gasteiger partial charge on any atom is 0.147 e. The molecule has 0 bridgehead atoms. The monoisotopic (exact) mass is 205 g/mol. The van der Waals surface area contributed by atoms with Crippen LogP contribution in [0.3, 0.4) is 0 Å². The van der Waals surface area contributed by atoms with Gasteiger partial charge in [-0.15, -0.1) is 6.58 Å². The molecule has 0 amide bonds. The van der Waals surface area contributed by atoms with Crippen molar-refractivity contribution in [2.45, 2.75) is 19.3 Å². The van der Waals surface area contributed by atoms with Crippen LogP contribution in [0.4, 0.5) is 0 Å². The normalized spacial score (nSPS) is 11.5. The smallest absolute Gasteiger partial charge is 0.147 e. The van der Waals surface area contributed by atoms with Crippen molar-refractivity contribution < 1.29 is 8.42 Å². The van der Waals surface area contributed by atoms with Crippen LogP contribution in [0.15, 0.2) is 12.7 Å². The van der Waals surface area contributed by atoms with Gasteiger partial charge in [0, 0.05) is 6.26 Å². The third kappa shape index (κ3) is 11.7. The van der Waals surface area contributed by atoms with Crippen molar-refractivity contribution in [3.63, 3.8) is 0 Å². The van der Waals surface area contributed by atoms with Crippen molar-refractivity contribution in [2.75, 3.05) is 25.1 Å². The summed E-state index contributed by atoms with van der Waals surface area (Å²) in [5, 5.41) is 3.18. The van der Waals surface area contributed by atoms with E-state index >= 15 is 0 Å². The minimum absolute atomic E-state index is 0.279. The summed E-state index contributed by atoms with van der Waals surface area (Å²) < 4.78 is 21.5. The Hall–Kier alpha value is -0.350. The summed E-state index contributed by atoms with van der Waals surface area (Å²) in [5.74, 6) is 0.279. The first-order chi connectivity index (χ1) is 6.06. The van der Waals surface area contributed by atoms with E-state index in [2.05, 4.69) is 11.9 Å². The summed E-state index contributed by atoms with van der Waals surface area (Å²) in [6.07, 6.45) is 5.94. The van der Waals surface area contributed by atoms with Gasteiger partial charge in [0.1, 0.15) is 9.84 Å². The Balaban J connectivity index is 3.13. The van der Waals surface area contributed by atoms with E-state index < -0.39 is 9.84 Å². The average molecular weight is 205 g/mol. The number of sulfone groups is 1. The molecule has 0 aliphatic rings. The Morgan fingerprint density at radius 3 is 2.46 bits per heavy atom. The molecule has 0 aromatic rings. The first-order valence-corrected chi connectivity index (χ1v) is 6.61. The van der Waals surface area contributed by atoms with E-state index in [1.165, 1.54) is 6.26 Å². The molecule has 0 unspecified atom stereocenters. The van der Waals surface area contributed by atoms with Crippen LogP contribution in [0.5, 0.6) is 0 Å². The minimum atomic E-state index is -2.78. The highest BCUT2D eigenvalue weighted by Crippen LogP contribution is 1.89. The Morgan fingerprint density at radius 1 is 1.31 bits per heavy atom. The van der Waals surface area contributed by atoms with E-state index in [9.17, 15) is 8.42 Å². The molecule has 0 radical (unpaired) electrons. The van der Waals surface area contributed by atoms with E-state index in [0.29, 0.717) is 6.42 Å². The number of rotatable bonds is 8. The molecule has 0 aliphatic carbocycles. The predicted molar refractivity (Wildman–Crippen MR) is 56.6 cm³/mol. The van der Waals surface area contributed by atoms with Gasteiger partial charge in [0.15, 0.2) is 0 Å². The quantitative estimate of drug-likeness (QED) is 0.474. The summed E-state index contributed by atoms with van der Waals surface area (Å²) in [6, 6.07) is 0. The highest BCUT2D eigenvalue weighted by atomic mass is 32.2. The zero-order valence-corrected chi connectivity index (χ0v) is 9.07. The van der Waals surface area contributed by atoms with Gasteiger partial charge in [-0.3, -0.25) is 0 Å².